The zero-order valence-electron chi connectivity index (χ0n) is 4.72. The molecule has 2 rings (SSSR count). The molecule has 0 spiro atoms. The van der Waals surface area contributed by atoms with E-state index in [-0.39, 0.29) is 0 Å². The van der Waals surface area contributed by atoms with E-state index in [1.165, 1.54) is 10.8 Å². The van der Waals surface area contributed by atoms with Crippen LogP contribution in [-0.2, 0) is 0 Å². The minimum absolute atomic E-state index is 0.382. The zero-order chi connectivity index (χ0) is 6.97. The molecular weight excluding hydrogens is 152 g/mol. The van der Waals surface area contributed by atoms with Crippen molar-refractivity contribution < 1.29 is 0 Å². The third-order valence-electron chi connectivity index (χ3n) is 0.999. The minimum Gasteiger partial charge on any atom is -0.248 e. The van der Waals surface area contributed by atoms with E-state index in [1.807, 2.05) is 0 Å². The maximum absolute atomic E-state index is 4.80. The van der Waals surface area contributed by atoms with Crippen molar-refractivity contribution >= 4 is 18.0 Å². The van der Waals surface area contributed by atoms with E-state index in [9.17, 15) is 0 Å². The van der Waals surface area contributed by atoms with Crippen LogP contribution in [0.3, 0.4) is 0 Å². The monoisotopic (exact) mass is 154 g/mol. The molecule has 0 saturated carbocycles. The molecule has 0 aliphatic carbocycles. The highest BCUT2D eigenvalue weighted by Crippen LogP contribution is 1.87. The van der Waals surface area contributed by atoms with Crippen LogP contribution in [0.5, 0.6) is 0 Å². The average molecular weight is 154 g/mol. The first-order chi connectivity index (χ1) is 4.88. The first-order valence-electron chi connectivity index (χ1n) is 2.49. The number of aromatic amines is 1. The molecule has 2 heterocycles. The van der Waals surface area contributed by atoms with E-state index in [2.05, 4.69) is 25.5 Å². The molecule has 2 aromatic rings. The molecule has 0 bridgehead atoms. The first kappa shape index (κ1) is 5.42. The number of nitrogens with one attached hydrogen (secondary N) is 1. The van der Waals surface area contributed by atoms with Crippen LogP contribution < -0.4 is 0 Å². The van der Waals surface area contributed by atoms with E-state index in [1.54, 1.807) is 0 Å². The molecule has 0 amide bonds. The Labute approximate surface area is 59.9 Å². The summed E-state index contributed by atoms with van der Waals surface area (Å²) in [7, 11) is 0. The van der Waals surface area contributed by atoms with Gasteiger partial charge >= 0.3 is 0 Å². The third kappa shape index (κ3) is 0.605. The summed E-state index contributed by atoms with van der Waals surface area (Å²) in [6.07, 6.45) is 1.30. The lowest BCUT2D eigenvalue weighted by molar-refractivity contribution is 0.817. The fourth-order valence-electron chi connectivity index (χ4n) is 0.604. The predicted molar refractivity (Wildman–Crippen MR) is 33.8 cm³/mol. The highest BCUT2D eigenvalue weighted by molar-refractivity contribution is 7.71. The number of fused-ring (bicyclic) bond motifs is 1. The molecule has 0 aromatic carbocycles. The molecule has 0 unspecified atom stereocenters. The second kappa shape index (κ2) is 1.81. The maximum atomic E-state index is 4.80. The van der Waals surface area contributed by atoms with Gasteiger partial charge < -0.3 is 0 Å². The number of hydrogen-bond acceptors (Lipinski definition) is 5. The molecule has 0 aliphatic heterocycles. The van der Waals surface area contributed by atoms with Gasteiger partial charge in [-0.2, -0.15) is 4.52 Å². The van der Waals surface area contributed by atoms with Gasteiger partial charge in [-0.3, -0.25) is 0 Å². The van der Waals surface area contributed by atoms with E-state index in [0.29, 0.717) is 10.5 Å². The summed E-state index contributed by atoms with van der Waals surface area (Å²) in [5.74, 6) is 0.382. The fraction of sp³-hybridized carbons (Fsp3) is 0. The van der Waals surface area contributed by atoms with Gasteiger partial charge in [0.25, 0.3) is 5.78 Å². The molecule has 10 heavy (non-hydrogen) atoms. The van der Waals surface area contributed by atoms with Gasteiger partial charge in [0.1, 0.15) is 0 Å². The lowest BCUT2D eigenvalue weighted by Gasteiger charge is -1.82. The fourth-order valence-corrected chi connectivity index (χ4v) is 0.779. The topological polar surface area (TPSA) is 71.8 Å². The SMILES string of the molecule is S=c1[nH]nc2nncnn12. The smallest absolute Gasteiger partial charge is 0.248 e. The molecule has 0 atom stereocenters. The van der Waals surface area contributed by atoms with Gasteiger partial charge in [-0.15, -0.1) is 20.4 Å². The predicted octanol–water partition coefficient (Wildman–Crippen LogP) is -0.423. The summed E-state index contributed by atoms with van der Waals surface area (Å²) in [5, 5.41) is 17.2. The number of aromatic nitrogens is 6. The van der Waals surface area contributed by atoms with Crippen molar-refractivity contribution in [3.63, 3.8) is 0 Å². The Balaban J connectivity index is 3.07. The van der Waals surface area contributed by atoms with Crippen LogP contribution in [0.15, 0.2) is 6.33 Å². The van der Waals surface area contributed by atoms with Crippen LogP contribution in [0.4, 0.5) is 0 Å². The summed E-state index contributed by atoms with van der Waals surface area (Å²) in [5.41, 5.74) is 0. The van der Waals surface area contributed by atoms with Gasteiger partial charge in [0.05, 0.1) is 0 Å². The summed E-state index contributed by atoms with van der Waals surface area (Å²) >= 11 is 4.80. The molecule has 2 aromatic heterocycles. The van der Waals surface area contributed by atoms with E-state index in [4.69, 9.17) is 12.2 Å². The minimum atomic E-state index is 0.382. The molecule has 0 radical (unpaired) electrons. The lowest BCUT2D eigenvalue weighted by Crippen LogP contribution is -1.94. The van der Waals surface area contributed by atoms with Crippen molar-refractivity contribution in [2.75, 3.05) is 0 Å². The maximum Gasteiger partial charge on any atom is 0.289 e. The van der Waals surface area contributed by atoms with Crippen LogP contribution >= 0.6 is 12.2 Å². The van der Waals surface area contributed by atoms with Crippen molar-refractivity contribution in [1.29, 1.82) is 0 Å². The number of rotatable bonds is 0. The Morgan fingerprint density at radius 3 is 3.30 bits per heavy atom. The largest absolute Gasteiger partial charge is 0.289 e. The van der Waals surface area contributed by atoms with Gasteiger partial charge in [-0.25, -0.2) is 5.10 Å². The highest BCUT2D eigenvalue weighted by atomic mass is 32.1. The van der Waals surface area contributed by atoms with Crippen molar-refractivity contribution in [3.8, 4) is 0 Å². The van der Waals surface area contributed by atoms with Crippen LogP contribution in [0, 0.1) is 4.77 Å². The molecule has 0 aliphatic rings. The first-order valence-corrected chi connectivity index (χ1v) is 2.90. The van der Waals surface area contributed by atoms with Crippen LogP contribution in [-0.4, -0.2) is 30.0 Å². The molecule has 6 nitrogen and oxygen atoms in total. The molecule has 0 fully saturated rings. The summed E-state index contributed by atoms with van der Waals surface area (Å²) in [6, 6.07) is 0. The molecule has 7 heteroatoms. The molecule has 0 saturated heterocycles. The lowest BCUT2D eigenvalue weighted by atomic mass is 11.1. The average Bonchev–Trinajstić information content (AvgIpc) is 2.34. The van der Waals surface area contributed by atoms with Gasteiger partial charge in [0.2, 0.25) is 4.77 Å². The van der Waals surface area contributed by atoms with Crippen LogP contribution in [0.25, 0.3) is 5.78 Å². The Hall–Kier alpha value is -1.37. The van der Waals surface area contributed by atoms with Crippen molar-refractivity contribution in [2.45, 2.75) is 0 Å². The van der Waals surface area contributed by atoms with E-state index < -0.39 is 0 Å². The number of hydrogen-bond donors (Lipinski definition) is 1. The van der Waals surface area contributed by atoms with Gasteiger partial charge in [0, 0.05) is 0 Å². The van der Waals surface area contributed by atoms with Crippen LogP contribution in [0.2, 0.25) is 0 Å². The van der Waals surface area contributed by atoms with Gasteiger partial charge in [-0.1, -0.05) is 0 Å². The van der Waals surface area contributed by atoms with Gasteiger partial charge in [-0.05, 0) is 12.2 Å². The van der Waals surface area contributed by atoms with Crippen molar-refractivity contribution in [2.24, 2.45) is 0 Å². The van der Waals surface area contributed by atoms with E-state index in [0.717, 1.165) is 0 Å². The quantitative estimate of drug-likeness (QED) is 0.521. The van der Waals surface area contributed by atoms with Crippen LogP contribution in [0.1, 0.15) is 0 Å². The third-order valence-corrected chi connectivity index (χ3v) is 1.26. The number of nitrogens with zero attached hydrogens (tertiary/aromatic N) is 5. The Bertz CT molecular complexity index is 400. The van der Waals surface area contributed by atoms with E-state index >= 15 is 0 Å². The second-order valence-corrected chi connectivity index (χ2v) is 1.97. The molecule has 50 valence electrons. The zero-order valence-corrected chi connectivity index (χ0v) is 5.54. The summed E-state index contributed by atoms with van der Waals surface area (Å²) in [4.78, 5) is 0. The van der Waals surface area contributed by atoms with Crippen molar-refractivity contribution in [1.82, 2.24) is 30.0 Å². The summed E-state index contributed by atoms with van der Waals surface area (Å²) in [6.45, 7) is 0. The van der Waals surface area contributed by atoms with Gasteiger partial charge in [0.15, 0.2) is 6.33 Å². The Morgan fingerprint density at radius 2 is 2.50 bits per heavy atom. The second-order valence-electron chi connectivity index (χ2n) is 1.59. The molecule has 1 N–H and O–H groups in total. The highest BCUT2D eigenvalue weighted by Gasteiger charge is 1.95. The van der Waals surface area contributed by atoms with Crippen molar-refractivity contribution in [3.05, 3.63) is 11.1 Å². The molecular formula is C3H2N6S. The summed E-state index contributed by atoms with van der Waals surface area (Å²) < 4.78 is 1.81. The standard InChI is InChI=1S/C3H2N6S/c10-3-8-7-2-6-4-1-5-9(2)3/h1H,(H,8,10). The Morgan fingerprint density at radius 1 is 1.60 bits per heavy atom. The Kier molecular flexibility index (Phi) is 0.978. The number of H-pyrrole nitrogens is 1. The normalized spacial score (nSPS) is 10.4.